The van der Waals surface area contributed by atoms with Gasteiger partial charge in [-0.25, -0.2) is 4.98 Å². The number of amides is 1. The molecule has 0 aliphatic carbocycles. The average Bonchev–Trinajstić information content (AvgIpc) is 3.18. The summed E-state index contributed by atoms with van der Waals surface area (Å²) in [6, 6.07) is 10.1. The summed E-state index contributed by atoms with van der Waals surface area (Å²) in [5.74, 6) is -0.400. The molecule has 0 N–H and O–H groups in total. The van der Waals surface area contributed by atoms with E-state index < -0.39 is 10.8 Å². The number of nitrogens with zero attached hydrogens (tertiary/aromatic N) is 4. The van der Waals surface area contributed by atoms with Crippen molar-refractivity contribution < 1.29 is 9.72 Å². The van der Waals surface area contributed by atoms with E-state index in [1.165, 1.54) is 23.5 Å². The molecular weight excluding hydrogens is 436 g/mol. The van der Waals surface area contributed by atoms with Crippen LogP contribution in [-0.4, -0.2) is 46.9 Å². The van der Waals surface area contributed by atoms with Gasteiger partial charge in [0.1, 0.15) is 5.56 Å². The Labute approximate surface area is 192 Å². The van der Waals surface area contributed by atoms with E-state index in [9.17, 15) is 14.9 Å². The summed E-state index contributed by atoms with van der Waals surface area (Å²) in [4.78, 5) is 33.0. The van der Waals surface area contributed by atoms with Crippen LogP contribution in [0.2, 0.25) is 0 Å². The third kappa shape index (κ3) is 5.20. The number of benzene rings is 2. The Balaban J connectivity index is 0.00000341. The van der Waals surface area contributed by atoms with Crippen LogP contribution in [0.25, 0.3) is 10.2 Å². The summed E-state index contributed by atoms with van der Waals surface area (Å²) in [6.07, 6.45) is 0. The highest BCUT2D eigenvalue weighted by Crippen LogP contribution is 2.33. The first kappa shape index (κ1) is 24.7. The molecule has 0 bridgehead atoms. The normalized spacial score (nSPS) is 10.9. The van der Waals surface area contributed by atoms with Crippen molar-refractivity contribution in [3.8, 4) is 0 Å². The molecule has 0 saturated carbocycles. The van der Waals surface area contributed by atoms with Crippen LogP contribution < -0.4 is 4.90 Å². The van der Waals surface area contributed by atoms with Gasteiger partial charge >= 0.3 is 0 Å². The number of nitro groups is 1. The largest absolute Gasteiger partial charge is 0.302 e. The van der Waals surface area contributed by atoms with Crippen molar-refractivity contribution in [3.63, 3.8) is 0 Å². The van der Waals surface area contributed by atoms with Crippen LogP contribution in [0.3, 0.4) is 0 Å². The SMILES string of the molecule is CCN(CC)CCN(C(=O)c1ccccc1[N+](=O)[O-])c1nc2c(C)c(C)ccc2s1.Cl. The number of rotatable bonds is 8. The minimum atomic E-state index is -0.512. The molecule has 31 heavy (non-hydrogen) atoms. The molecule has 1 aromatic heterocycles. The van der Waals surface area contributed by atoms with Crippen molar-refractivity contribution in [2.24, 2.45) is 0 Å². The maximum atomic E-state index is 13.5. The first-order valence-corrected chi connectivity index (χ1v) is 10.8. The van der Waals surface area contributed by atoms with E-state index >= 15 is 0 Å². The zero-order chi connectivity index (χ0) is 21.8. The van der Waals surface area contributed by atoms with Gasteiger partial charge in [0.05, 0.1) is 15.1 Å². The van der Waals surface area contributed by atoms with Crippen LogP contribution in [0.15, 0.2) is 36.4 Å². The van der Waals surface area contributed by atoms with Crippen LogP contribution in [0.5, 0.6) is 0 Å². The molecule has 0 atom stereocenters. The fourth-order valence-electron chi connectivity index (χ4n) is 3.35. The van der Waals surface area contributed by atoms with Crippen molar-refractivity contribution in [2.45, 2.75) is 27.7 Å². The molecule has 1 heterocycles. The summed E-state index contributed by atoms with van der Waals surface area (Å²) in [5, 5.41) is 12.0. The summed E-state index contributed by atoms with van der Waals surface area (Å²) >= 11 is 1.44. The topological polar surface area (TPSA) is 79.6 Å². The number of anilines is 1. The second kappa shape index (κ2) is 10.7. The predicted molar refractivity (Wildman–Crippen MR) is 129 cm³/mol. The maximum Gasteiger partial charge on any atom is 0.282 e. The lowest BCUT2D eigenvalue weighted by molar-refractivity contribution is -0.385. The Morgan fingerprint density at radius 3 is 2.42 bits per heavy atom. The number of thiazole rings is 1. The number of halogens is 1. The van der Waals surface area contributed by atoms with Crippen molar-refractivity contribution in [2.75, 3.05) is 31.1 Å². The first-order chi connectivity index (χ1) is 14.4. The van der Waals surface area contributed by atoms with Crippen molar-refractivity contribution >= 4 is 50.7 Å². The first-order valence-electron chi connectivity index (χ1n) is 10.0. The molecule has 9 heteroatoms. The van der Waals surface area contributed by atoms with Gasteiger partial charge in [-0.15, -0.1) is 12.4 Å². The van der Waals surface area contributed by atoms with Crippen molar-refractivity contribution in [3.05, 3.63) is 63.2 Å². The Morgan fingerprint density at radius 2 is 1.77 bits per heavy atom. The Morgan fingerprint density at radius 1 is 1.10 bits per heavy atom. The second-order valence-electron chi connectivity index (χ2n) is 7.11. The molecule has 2 aromatic carbocycles. The number of hydrogen-bond donors (Lipinski definition) is 0. The number of fused-ring (bicyclic) bond motifs is 1. The third-order valence-electron chi connectivity index (χ3n) is 5.41. The molecule has 0 unspecified atom stereocenters. The molecule has 0 aliphatic heterocycles. The lowest BCUT2D eigenvalue weighted by Gasteiger charge is -2.24. The number of para-hydroxylation sites is 1. The van der Waals surface area contributed by atoms with Gasteiger partial charge in [0.25, 0.3) is 11.6 Å². The van der Waals surface area contributed by atoms with Gasteiger partial charge in [-0.05, 0) is 50.2 Å². The average molecular weight is 463 g/mol. The zero-order valence-electron chi connectivity index (χ0n) is 18.1. The summed E-state index contributed by atoms with van der Waals surface area (Å²) < 4.78 is 0.997. The second-order valence-corrected chi connectivity index (χ2v) is 8.12. The van der Waals surface area contributed by atoms with E-state index in [1.807, 2.05) is 26.0 Å². The number of aryl methyl sites for hydroxylation is 2. The van der Waals surface area contributed by atoms with Crippen molar-refractivity contribution in [1.29, 1.82) is 0 Å². The Bertz CT molecular complexity index is 1080. The van der Waals surface area contributed by atoms with Gasteiger partial charge in [0.15, 0.2) is 5.13 Å². The molecule has 0 aliphatic rings. The minimum Gasteiger partial charge on any atom is -0.302 e. The molecular formula is C22H27ClN4O3S. The van der Waals surface area contributed by atoms with E-state index in [-0.39, 0.29) is 23.7 Å². The van der Waals surface area contributed by atoms with Gasteiger partial charge in [-0.1, -0.05) is 43.4 Å². The van der Waals surface area contributed by atoms with Crippen LogP contribution >= 0.6 is 23.7 Å². The summed E-state index contributed by atoms with van der Waals surface area (Å²) in [5.41, 5.74) is 2.98. The van der Waals surface area contributed by atoms with Gasteiger partial charge < -0.3 is 4.90 Å². The molecule has 7 nitrogen and oxygen atoms in total. The van der Waals surface area contributed by atoms with Crippen molar-refractivity contribution in [1.82, 2.24) is 9.88 Å². The number of hydrogen-bond acceptors (Lipinski definition) is 6. The fourth-order valence-corrected chi connectivity index (χ4v) is 4.40. The van der Waals surface area contributed by atoms with Gasteiger partial charge in [-0.3, -0.25) is 19.8 Å². The Hall–Kier alpha value is -2.55. The van der Waals surface area contributed by atoms with E-state index in [0.717, 1.165) is 34.4 Å². The van der Waals surface area contributed by atoms with E-state index in [4.69, 9.17) is 4.98 Å². The highest BCUT2D eigenvalue weighted by atomic mass is 35.5. The minimum absolute atomic E-state index is 0. The molecule has 0 fully saturated rings. The number of carbonyl (C=O) groups is 1. The predicted octanol–water partition coefficient (Wildman–Crippen LogP) is 5.23. The maximum absolute atomic E-state index is 13.5. The van der Waals surface area contributed by atoms with Crippen LogP contribution in [0.4, 0.5) is 10.8 Å². The van der Waals surface area contributed by atoms with E-state index in [1.54, 1.807) is 17.0 Å². The molecule has 166 valence electrons. The smallest absolute Gasteiger partial charge is 0.282 e. The van der Waals surface area contributed by atoms with Crippen LogP contribution in [-0.2, 0) is 0 Å². The van der Waals surface area contributed by atoms with E-state index in [0.29, 0.717) is 18.2 Å². The van der Waals surface area contributed by atoms with Crippen LogP contribution in [0, 0.1) is 24.0 Å². The molecule has 0 spiro atoms. The number of carbonyl (C=O) groups excluding carboxylic acids is 1. The molecule has 0 radical (unpaired) electrons. The number of nitro benzene ring substituents is 1. The molecule has 3 rings (SSSR count). The zero-order valence-corrected chi connectivity index (χ0v) is 19.8. The standard InChI is InChI=1S/C22H26N4O3S.ClH/c1-5-24(6-2)13-14-25(21(27)17-9-7-8-10-18(17)26(28)29)22-23-20-16(4)15(3)11-12-19(20)30-22;/h7-12H,5-6,13-14H2,1-4H3;1H. The summed E-state index contributed by atoms with van der Waals surface area (Å²) in [7, 11) is 0. The monoisotopic (exact) mass is 462 g/mol. The van der Waals surface area contributed by atoms with Gasteiger partial charge in [0.2, 0.25) is 0 Å². The third-order valence-corrected chi connectivity index (χ3v) is 6.46. The van der Waals surface area contributed by atoms with Gasteiger partial charge in [0, 0.05) is 19.2 Å². The van der Waals surface area contributed by atoms with E-state index in [2.05, 4.69) is 18.7 Å². The molecule has 3 aromatic rings. The number of aromatic nitrogens is 1. The lowest BCUT2D eigenvalue weighted by Crippen LogP contribution is -2.39. The quantitative estimate of drug-likeness (QED) is 0.338. The lowest BCUT2D eigenvalue weighted by atomic mass is 10.1. The molecule has 1 amide bonds. The molecule has 0 saturated heterocycles. The number of likely N-dealkylation sites (N-methyl/N-ethyl adjacent to an activating group) is 1. The van der Waals surface area contributed by atoms with Crippen LogP contribution in [0.1, 0.15) is 35.3 Å². The highest BCUT2D eigenvalue weighted by Gasteiger charge is 2.27. The summed E-state index contributed by atoms with van der Waals surface area (Å²) in [6.45, 7) is 11.0. The fraction of sp³-hybridized carbons (Fsp3) is 0.364. The van der Waals surface area contributed by atoms with Gasteiger partial charge in [-0.2, -0.15) is 0 Å². The highest BCUT2D eigenvalue weighted by molar-refractivity contribution is 7.22. The Kier molecular flexibility index (Phi) is 8.50.